The Morgan fingerprint density at radius 3 is 2.50 bits per heavy atom. The van der Waals surface area contributed by atoms with Gasteiger partial charge in [-0.05, 0) is 19.1 Å². The summed E-state index contributed by atoms with van der Waals surface area (Å²) in [6.07, 6.45) is 1.60. The highest BCUT2D eigenvalue weighted by atomic mass is 15.3. The molecule has 5 nitrogen and oxygen atoms in total. The van der Waals surface area contributed by atoms with Crippen LogP contribution in [0.3, 0.4) is 0 Å². The molecule has 1 aromatic heterocycles. The minimum atomic E-state index is 0.403. The highest BCUT2D eigenvalue weighted by Gasteiger charge is 2.09. The van der Waals surface area contributed by atoms with Gasteiger partial charge >= 0.3 is 0 Å². The van der Waals surface area contributed by atoms with Crippen LogP contribution >= 0.6 is 0 Å². The van der Waals surface area contributed by atoms with E-state index in [1.165, 1.54) is 5.56 Å². The van der Waals surface area contributed by atoms with Crippen molar-refractivity contribution < 1.29 is 0 Å². The molecule has 4 rings (SSSR count). The zero-order chi connectivity index (χ0) is 19.3. The zero-order valence-electron chi connectivity index (χ0n) is 15.3. The van der Waals surface area contributed by atoms with Crippen LogP contribution in [0.2, 0.25) is 0 Å². The Bertz CT molecular complexity index is 1200. The van der Waals surface area contributed by atoms with Gasteiger partial charge in [0, 0.05) is 16.5 Å². The van der Waals surface area contributed by atoms with E-state index in [9.17, 15) is 5.26 Å². The van der Waals surface area contributed by atoms with Gasteiger partial charge in [-0.15, -0.1) is 0 Å². The van der Waals surface area contributed by atoms with Gasteiger partial charge in [-0.25, -0.2) is 15.4 Å². The molecule has 1 N–H and O–H groups in total. The van der Waals surface area contributed by atoms with E-state index in [-0.39, 0.29) is 0 Å². The van der Waals surface area contributed by atoms with Crippen LogP contribution in [0.25, 0.3) is 22.2 Å². The number of para-hydroxylation sites is 1. The first-order chi connectivity index (χ1) is 13.7. The first-order valence-corrected chi connectivity index (χ1v) is 8.86. The van der Waals surface area contributed by atoms with Gasteiger partial charge in [-0.2, -0.15) is 10.4 Å². The van der Waals surface area contributed by atoms with Gasteiger partial charge in [0.1, 0.15) is 0 Å². The topological polar surface area (TPSA) is 74.0 Å². The molecule has 0 saturated carbocycles. The second kappa shape index (κ2) is 7.68. The highest BCUT2D eigenvalue weighted by molar-refractivity contribution is 5.93. The summed E-state index contributed by atoms with van der Waals surface area (Å²) in [4.78, 5) is 9.23. The van der Waals surface area contributed by atoms with E-state index in [4.69, 9.17) is 0 Å². The maximum atomic E-state index is 9.18. The second-order valence-electron chi connectivity index (χ2n) is 6.35. The molecule has 0 aliphatic carbocycles. The average molecular weight is 363 g/mol. The van der Waals surface area contributed by atoms with E-state index in [1.807, 2.05) is 42.5 Å². The van der Waals surface area contributed by atoms with Crippen LogP contribution in [-0.4, -0.2) is 16.2 Å². The number of nitriles is 1. The Morgan fingerprint density at radius 2 is 1.68 bits per heavy atom. The maximum Gasteiger partial charge on any atom is 0.244 e. The molecule has 0 radical (unpaired) electrons. The Morgan fingerprint density at radius 1 is 0.929 bits per heavy atom. The number of hydrogen-bond donors (Lipinski definition) is 1. The predicted molar refractivity (Wildman–Crippen MR) is 112 cm³/mol. The standard InChI is InChI=1S/C23H17N5/c1-16-10-12-17(13-11-16)22-20-8-4-5-9-21(20)26-23(27-22)28-25-15-19-7-3-2-6-18(19)14-24/h2-13,15H,1H3,(H,26,27,28)/b25-15+. The lowest BCUT2D eigenvalue weighted by molar-refractivity contribution is 1.15. The minimum absolute atomic E-state index is 0.403. The van der Waals surface area contributed by atoms with E-state index in [0.29, 0.717) is 11.5 Å². The highest BCUT2D eigenvalue weighted by Crippen LogP contribution is 2.27. The van der Waals surface area contributed by atoms with Gasteiger partial charge in [0.2, 0.25) is 5.95 Å². The number of aromatic nitrogens is 2. The second-order valence-corrected chi connectivity index (χ2v) is 6.35. The first kappa shape index (κ1) is 17.4. The normalized spacial score (nSPS) is 10.9. The first-order valence-electron chi connectivity index (χ1n) is 8.86. The Hall–Kier alpha value is -4.04. The number of aryl methyl sites for hydroxylation is 1. The lowest BCUT2D eigenvalue weighted by Gasteiger charge is -2.09. The molecule has 0 atom stereocenters. The van der Waals surface area contributed by atoms with Gasteiger partial charge in [0.25, 0.3) is 0 Å². The van der Waals surface area contributed by atoms with Gasteiger partial charge in [0.15, 0.2) is 0 Å². The van der Waals surface area contributed by atoms with E-state index in [1.54, 1.807) is 12.3 Å². The lowest BCUT2D eigenvalue weighted by atomic mass is 10.1. The molecule has 0 aliphatic rings. The Balaban J connectivity index is 1.71. The van der Waals surface area contributed by atoms with Crippen molar-refractivity contribution in [2.75, 3.05) is 5.43 Å². The monoisotopic (exact) mass is 363 g/mol. The van der Waals surface area contributed by atoms with Crippen LogP contribution in [0.15, 0.2) is 77.9 Å². The molecule has 1 heterocycles. The number of benzene rings is 3. The number of nitrogens with zero attached hydrogens (tertiary/aromatic N) is 4. The van der Waals surface area contributed by atoms with Crippen molar-refractivity contribution in [3.8, 4) is 17.3 Å². The predicted octanol–water partition coefficient (Wildman–Crippen LogP) is 4.92. The summed E-state index contributed by atoms with van der Waals surface area (Å²) in [5.41, 5.74) is 8.09. The van der Waals surface area contributed by atoms with Crippen LogP contribution < -0.4 is 5.43 Å². The number of anilines is 1. The average Bonchev–Trinajstić information content (AvgIpc) is 2.74. The van der Waals surface area contributed by atoms with Crippen molar-refractivity contribution in [3.63, 3.8) is 0 Å². The molecule has 0 aliphatic heterocycles. The van der Waals surface area contributed by atoms with Crippen LogP contribution in [0.4, 0.5) is 5.95 Å². The summed E-state index contributed by atoms with van der Waals surface area (Å²) in [5.74, 6) is 0.403. The molecular weight excluding hydrogens is 346 g/mol. The summed E-state index contributed by atoms with van der Waals surface area (Å²) in [5, 5.41) is 14.4. The van der Waals surface area contributed by atoms with Crippen LogP contribution in [0, 0.1) is 18.3 Å². The van der Waals surface area contributed by atoms with Crippen molar-refractivity contribution in [1.82, 2.24) is 9.97 Å². The number of nitrogens with one attached hydrogen (secondary N) is 1. The van der Waals surface area contributed by atoms with Gasteiger partial charge < -0.3 is 0 Å². The van der Waals surface area contributed by atoms with Crippen molar-refractivity contribution in [1.29, 1.82) is 5.26 Å². The summed E-state index contributed by atoms with van der Waals surface area (Å²) in [6.45, 7) is 2.06. The van der Waals surface area contributed by atoms with Crippen LogP contribution in [-0.2, 0) is 0 Å². The molecule has 4 aromatic rings. The number of fused-ring (bicyclic) bond motifs is 1. The third-order valence-corrected chi connectivity index (χ3v) is 4.38. The Labute approximate surface area is 163 Å². The molecular formula is C23H17N5. The smallest absolute Gasteiger partial charge is 0.244 e. The molecule has 0 amide bonds. The van der Waals surface area contributed by atoms with E-state index < -0.39 is 0 Å². The quantitative estimate of drug-likeness (QED) is 0.412. The minimum Gasteiger partial charge on any atom is -0.245 e. The van der Waals surface area contributed by atoms with Crippen LogP contribution in [0.5, 0.6) is 0 Å². The molecule has 0 bridgehead atoms. The largest absolute Gasteiger partial charge is 0.245 e. The van der Waals surface area contributed by atoms with Gasteiger partial charge in [0.05, 0.1) is 29.1 Å². The molecule has 5 heteroatoms. The maximum absolute atomic E-state index is 9.18. The Kier molecular flexibility index (Phi) is 4.77. The summed E-state index contributed by atoms with van der Waals surface area (Å²) in [7, 11) is 0. The van der Waals surface area contributed by atoms with Gasteiger partial charge in [-0.3, -0.25) is 0 Å². The van der Waals surface area contributed by atoms with Crippen molar-refractivity contribution in [2.24, 2.45) is 5.10 Å². The zero-order valence-corrected chi connectivity index (χ0v) is 15.3. The van der Waals surface area contributed by atoms with Gasteiger partial charge in [-0.1, -0.05) is 66.2 Å². The number of rotatable bonds is 4. The fourth-order valence-corrected chi connectivity index (χ4v) is 2.93. The molecule has 0 spiro atoms. The van der Waals surface area contributed by atoms with Crippen molar-refractivity contribution in [3.05, 3.63) is 89.5 Å². The fourth-order valence-electron chi connectivity index (χ4n) is 2.93. The van der Waals surface area contributed by atoms with Crippen molar-refractivity contribution in [2.45, 2.75) is 6.92 Å². The van der Waals surface area contributed by atoms with E-state index in [0.717, 1.165) is 27.7 Å². The molecule has 0 saturated heterocycles. The lowest BCUT2D eigenvalue weighted by Crippen LogP contribution is -2.00. The molecule has 0 unspecified atom stereocenters. The van der Waals surface area contributed by atoms with E-state index >= 15 is 0 Å². The molecule has 3 aromatic carbocycles. The fraction of sp³-hybridized carbons (Fsp3) is 0.0435. The number of hydrazone groups is 1. The molecule has 28 heavy (non-hydrogen) atoms. The third kappa shape index (κ3) is 3.57. The van der Waals surface area contributed by atoms with E-state index in [2.05, 4.69) is 57.8 Å². The van der Waals surface area contributed by atoms with Crippen LogP contribution in [0.1, 0.15) is 16.7 Å². The SMILES string of the molecule is Cc1ccc(-c2nc(N/N=C/c3ccccc3C#N)nc3ccccc23)cc1. The summed E-state index contributed by atoms with van der Waals surface area (Å²) >= 11 is 0. The summed E-state index contributed by atoms with van der Waals surface area (Å²) in [6, 6.07) is 25.6. The van der Waals surface area contributed by atoms with Crippen molar-refractivity contribution >= 4 is 23.1 Å². The number of hydrogen-bond acceptors (Lipinski definition) is 5. The summed E-state index contributed by atoms with van der Waals surface area (Å²) < 4.78 is 0. The third-order valence-electron chi connectivity index (χ3n) is 4.38. The molecule has 0 fully saturated rings. The molecule has 134 valence electrons.